The maximum absolute atomic E-state index is 11.7. The Hall–Kier alpha value is -1.66. The highest BCUT2D eigenvalue weighted by molar-refractivity contribution is 9.10. The smallest absolute Gasteiger partial charge is 0.258 e. The van der Waals surface area contributed by atoms with Gasteiger partial charge in [-0.15, -0.1) is 0 Å². The number of benzene rings is 1. The summed E-state index contributed by atoms with van der Waals surface area (Å²) in [5, 5.41) is 7.47. The molecule has 0 aliphatic carbocycles. The standard InChI is InChI=1S/C12H7BrClN3O2/c13-10-11(6-1-3-7(14)4-2-6)16-17-9(19)5-8(18)15-12(10)17/h1-4H,5H2,(H,15,18). The van der Waals surface area contributed by atoms with E-state index in [0.717, 1.165) is 5.56 Å². The van der Waals surface area contributed by atoms with Crippen molar-refractivity contribution >= 4 is 45.2 Å². The summed E-state index contributed by atoms with van der Waals surface area (Å²) in [7, 11) is 0. The Morgan fingerprint density at radius 2 is 1.95 bits per heavy atom. The van der Waals surface area contributed by atoms with E-state index in [-0.39, 0.29) is 18.2 Å². The minimum atomic E-state index is -0.348. The first-order valence-corrected chi connectivity index (χ1v) is 6.61. The number of aromatic nitrogens is 2. The molecule has 0 spiro atoms. The predicted molar refractivity (Wildman–Crippen MR) is 74.2 cm³/mol. The second-order valence-corrected chi connectivity index (χ2v) is 5.28. The van der Waals surface area contributed by atoms with Crippen LogP contribution in [-0.2, 0) is 4.79 Å². The Balaban J connectivity index is 2.14. The maximum atomic E-state index is 11.7. The molecule has 0 radical (unpaired) electrons. The number of hydrogen-bond donors (Lipinski definition) is 1. The van der Waals surface area contributed by atoms with Crippen LogP contribution in [0.4, 0.5) is 5.82 Å². The number of fused-ring (bicyclic) bond motifs is 1. The summed E-state index contributed by atoms with van der Waals surface area (Å²) in [6.45, 7) is 0. The maximum Gasteiger partial charge on any atom is 0.258 e. The second-order valence-electron chi connectivity index (χ2n) is 4.05. The summed E-state index contributed by atoms with van der Waals surface area (Å²) < 4.78 is 1.78. The zero-order valence-electron chi connectivity index (χ0n) is 9.48. The third kappa shape index (κ3) is 2.06. The van der Waals surface area contributed by atoms with Gasteiger partial charge in [-0.05, 0) is 28.1 Å². The Kier molecular flexibility index (Phi) is 2.91. The van der Waals surface area contributed by atoms with E-state index in [1.54, 1.807) is 24.3 Å². The van der Waals surface area contributed by atoms with Crippen LogP contribution < -0.4 is 5.32 Å². The van der Waals surface area contributed by atoms with Crippen LogP contribution in [0.15, 0.2) is 28.7 Å². The van der Waals surface area contributed by atoms with Crippen molar-refractivity contribution in [2.24, 2.45) is 0 Å². The molecule has 0 saturated heterocycles. The van der Waals surface area contributed by atoms with Gasteiger partial charge in [0.25, 0.3) is 5.91 Å². The van der Waals surface area contributed by atoms with E-state index in [0.29, 0.717) is 21.0 Å². The number of nitrogens with one attached hydrogen (secondary N) is 1. The van der Waals surface area contributed by atoms with Crippen molar-refractivity contribution in [1.29, 1.82) is 0 Å². The Bertz CT molecular complexity index is 694. The topological polar surface area (TPSA) is 64.0 Å². The van der Waals surface area contributed by atoms with Crippen LogP contribution in [0, 0.1) is 0 Å². The van der Waals surface area contributed by atoms with E-state index in [9.17, 15) is 9.59 Å². The molecule has 0 fully saturated rings. The number of hydrogen-bond acceptors (Lipinski definition) is 3. The van der Waals surface area contributed by atoms with Crippen molar-refractivity contribution in [1.82, 2.24) is 9.78 Å². The highest BCUT2D eigenvalue weighted by atomic mass is 79.9. The van der Waals surface area contributed by atoms with Crippen LogP contribution in [0.2, 0.25) is 5.02 Å². The van der Waals surface area contributed by atoms with Crippen molar-refractivity contribution in [2.45, 2.75) is 6.42 Å². The molecule has 19 heavy (non-hydrogen) atoms. The summed E-state index contributed by atoms with van der Waals surface area (Å²) >= 11 is 9.20. The number of carbonyl (C=O) groups is 2. The Morgan fingerprint density at radius 3 is 2.63 bits per heavy atom. The third-order valence-corrected chi connectivity index (χ3v) is 3.75. The van der Waals surface area contributed by atoms with E-state index >= 15 is 0 Å². The zero-order chi connectivity index (χ0) is 13.6. The SMILES string of the molecule is O=C1CC(=O)n2nc(-c3ccc(Cl)cc3)c(Br)c2N1. The Labute approximate surface area is 121 Å². The van der Waals surface area contributed by atoms with E-state index < -0.39 is 0 Å². The van der Waals surface area contributed by atoms with Gasteiger partial charge in [-0.3, -0.25) is 9.59 Å². The number of halogens is 2. The summed E-state index contributed by atoms with van der Waals surface area (Å²) in [6.07, 6.45) is -0.193. The van der Waals surface area contributed by atoms with Gasteiger partial charge in [0.2, 0.25) is 5.91 Å². The Morgan fingerprint density at radius 1 is 1.26 bits per heavy atom. The van der Waals surface area contributed by atoms with Gasteiger partial charge in [0.15, 0.2) is 5.82 Å². The molecule has 0 atom stereocenters. The van der Waals surface area contributed by atoms with E-state index in [4.69, 9.17) is 11.6 Å². The molecule has 1 N–H and O–H groups in total. The molecule has 96 valence electrons. The van der Waals surface area contributed by atoms with Crippen LogP contribution in [0.3, 0.4) is 0 Å². The molecule has 1 amide bonds. The molecule has 1 aliphatic rings. The fraction of sp³-hybridized carbons (Fsp3) is 0.0833. The number of anilines is 1. The van der Waals surface area contributed by atoms with Crippen molar-refractivity contribution in [2.75, 3.05) is 5.32 Å². The van der Waals surface area contributed by atoms with Crippen LogP contribution in [0.5, 0.6) is 0 Å². The van der Waals surface area contributed by atoms with Gasteiger partial charge in [0, 0.05) is 10.6 Å². The van der Waals surface area contributed by atoms with Gasteiger partial charge in [-0.25, -0.2) is 0 Å². The lowest BCUT2D eigenvalue weighted by molar-refractivity contribution is -0.115. The normalized spacial score (nSPS) is 14.2. The van der Waals surface area contributed by atoms with Crippen LogP contribution >= 0.6 is 27.5 Å². The molecule has 1 aromatic heterocycles. The fourth-order valence-electron chi connectivity index (χ4n) is 1.87. The predicted octanol–water partition coefficient (Wildman–Crippen LogP) is 2.95. The molecule has 1 aliphatic heterocycles. The van der Waals surface area contributed by atoms with Crippen LogP contribution in [0.25, 0.3) is 11.3 Å². The molecule has 1 aromatic carbocycles. The first kappa shape index (κ1) is 12.4. The highest BCUT2D eigenvalue weighted by Crippen LogP contribution is 2.35. The second kappa shape index (κ2) is 4.47. The quantitative estimate of drug-likeness (QED) is 0.812. The minimum Gasteiger partial charge on any atom is -0.309 e. The average molecular weight is 341 g/mol. The summed E-state index contributed by atoms with van der Waals surface area (Å²) in [6, 6.07) is 7.08. The molecule has 3 rings (SSSR count). The van der Waals surface area contributed by atoms with Gasteiger partial charge >= 0.3 is 0 Å². The summed E-state index contributed by atoms with van der Waals surface area (Å²) in [5.74, 6) is -0.313. The number of nitrogens with zero attached hydrogens (tertiary/aromatic N) is 2. The number of amides is 1. The van der Waals surface area contributed by atoms with Crippen molar-refractivity contribution < 1.29 is 9.59 Å². The molecule has 5 nitrogen and oxygen atoms in total. The molecule has 0 bridgehead atoms. The van der Waals surface area contributed by atoms with Gasteiger partial charge < -0.3 is 5.32 Å². The molecule has 0 saturated carbocycles. The molecule has 0 unspecified atom stereocenters. The van der Waals surface area contributed by atoms with Gasteiger partial charge in [-0.2, -0.15) is 9.78 Å². The van der Waals surface area contributed by atoms with E-state index in [2.05, 4.69) is 26.3 Å². The molecular formula is C12H7BrClN3O2. The lowest BCUT2D eigenvalue weighted by Crippen LogP contribution is -2.29. The van der Waals surface area contributed by atoms with Crippen molar-refractivity contribution in [3.63, 3.8) is 0 Å². The summed E-state index contributed by atoms with van der Waals surface area (Å²) in [5.41, 5.74) is 1.39. The van der Waals surface area contributed by atoms with Crippen molar-refractivity contribution in [3.8, 4) is 11.3 Å². The third-order valence-electron chi connectivity index (χ3n) is 2.75. The zero-order valence-corrected chi connectivity index (χ0v) is 11.8. The van der Waals surface area contributed by atoms with E-state index in [1.165, 1.54) is 4.68 Å². The lowest BCUT2D eigenvalue weighted by Gasteiger charge is -2.12. The van der Waals surface area contributed by atoms with Crippen molar-refractivity contribution in [3.05, 3.63) is 33.8 Å². The molecule has 2 heterocycles. The average Bonchev–Trinajstić information content (AvgIpc) is 2.69. The minimum absolute atomic E-state index is 0.193. The fourth-order valence-corrected chi connectivity index (χ4v) is 2.57. The number of carbonyl (C=O) groups excluding carboxylic acids is 2. The van der Waals surface area contributed by atoms with Crippen LogP contribution in [-0.4, -0.2) is 21.6 Å². The monoisotopic (exact) mass is 339 g/mol. The highest BCUT2D eigenvalue weighted by Gasteiger charge is 2.28. The van der Waals surface area contributed by atoms with E-state index in [1.807, 2.05) is 0 Å². The van der Waals surface area contributed by atoms with Gasteiger partial charge in [-0.1, -0.05) is 23.7 Å². The van der Waals surface area contributed by atoms with Gasteiger partial charge in [0.05, 0.1) is 4.47 Å². The molecule has 2 aromatic rings. The number of rotatable bonds is 1. The summed E-state index contributed by atoms with van der Waals surface area (Å²) in [4.78, 5) is 23.1. The molecular weight excluding hydrogens is 334 g/mol. The lowest BCUT2D eigenvalue weighted by atomic mass is 10.1. The first-order valence-electron chi connectivity index (χ1n) is 5.44. The first-order chi connectivity index (χ1) is 9.06. The van der Waals surface area contributed by atoms with Crippen LogP contribution in [0.1, 0.15) is 11.2 Å². The largest absolute Gasteiger partial charge is 0.309 e. The van der Waals surface area contributed by atoms with Gasteiger partial charge in [0.1, 0.15) is 12.1 Å². The molecule has 7 heteroatoms.